The number of benzene rings is 1. The summed E-state index contributed by atoms with van der Waals surface area (Å²) in [4.78, 5) is -0.774. The van der Waals surface area contributed by atoms with E-state index in [-0.39, 0.29) is 17.8 Å². The van der Waals surface area contributed by atoms with E-state index in [0.717, 1.165) is 6.07 Å². The highest BCUT2D eigenvalue weighted by atomic mass is 32.2. The summed E-state index contributed by atoms with van der Waals surface area (Å²) < 4.78 is 60.8. The van der Waals surface area contributed by atoms with E-state index in [2.05, 4.69) is 5.32 Å². The van der Waals surface area contributed by atoms with Gasteiger partial charge in [-0.25, -0.2) is 8.42 Å². The molecule has 0 aliphatic heterocycles. The summed E-state index contributed by atoms with van der Waals surface area (Å²) in [6, 6.07) is 4.56. The second-order valence-corrected chi connectivity index (χ2v) is 6.61. The molecule has 0 amide bonds. The van der Waals surface area contributed by atoms with Crippen LogP contribution >= 0.6 is 0 Å². The third-order valence-corrected chi connectivity index (χ3v) is 4.15. The summed E-state index contributed by atoms with van der Waals surface area (Å²) in [5.41, 5.74) is 0.206. The summed E-state index contributed by atoms with van der Waals surface area (Å²) in [6.07, 6.45) is 0.500. The van der Waals surface area contributed by atoms with Gasteiger partial charge in [-0.2, -0.15) is 13.2 Å². The third-order valence-electron chi connectivity index (χ3n) is 2.61. The molecule has 1 rings (SSSR count). The Morgan fingerprint density at radius 3 is 2.30 bits per heavy atom. The van der Waals surface area contributed by atoms with Crippen LogP contribution in [0.25, 0.3) is 0 Å². The van der Waals surface area contributed by atoms with Crippen molar-refractivity contribution < 1.29 is 21.6 Å². The number of halogens is 3. The molecule has 0 aliphatic carbocycles. The predicted octanol–water partition coefficient (Wildman–Crippen LogP) is 2.52. The summed E-state index contributed by atoms with van der Waals surface area (Å²) >= 11 is 0. The standard InChI is InChI=1S/C12H17F3N2O2S/c1-8(16)7-9(2)17-10-5-3-4-6-11(10)20(18,19)12(13,14)15/h3-6,8-9,17H,7,16H2,1-2H3. The first-order chi connectivity index (χ1) is 9.05. The molecular weight excluding hydrogens is 293 g/mol. The number of nitrogens with two attached hydrogens (primary N) is 1. The fourth-order valence-electron chi connectivity index (χ4n) is 1.83. The van der Waals surface area contributed by atoms with Crippen LogP contribution in [0.1, 0.15) is 20.3 Å². The van der Waals surface area contributed by atoms with Crippen molar-refractivity contribution in [2.75, 3.05) is 5.32 Å². The van der Waals surface area contributed by atoms with E-state index in [4.69, 9.17) is 5.73 Å². The minimum atomic E-state index is -5.37. The summed E-state index contributed by atoms with van der Waals surface area (Å²) in [7, 11) is -5.37. The molecule has 2 atom stereocenters. The molecule has 2 unspecified atom stereocenters. The Labute approximate surface area is 116 Å². The van der Waals surface area contributed by atoms with Crippen LogP contribution in [0.3, 0.4) is 0 Å². The van der Waals surface area contributed by atoms with Gasteiger partial charge in [0.2, 0.25) is 0 Å². The monoisotopic (exact) mass is 310 g/mol. The van der Waals surface area contributed by atoms with E-state index in [1.165, 1.54) is 18.2 Å². The Morgan fingerprint density at radius 1 is 1.25 bits per heavy atom. The number of sulfone groups is 1. The first kappa shape index (κ1) is 16.8. The van der Waals surface area contributed by atoms with Crippen molar-refractivity contribution in [3.05, 3.63) is 24.3 Å². The average molecular weight is 310 g/mol. The fraction of sp³-hybridized carbons (Fsp3) is 0.500. The van der Waals surface area contributed by atoms with E-state index in [0.29, 0.717) is 6.42 Å². The molecule has 0 fully saturated rings. The number of hydrogen-bond donors (Lipinski definition) is 2. The van der Waals surface area contributed by atoms with Crippen LogP contribution in [0.15, 0.2) is 29.2 Å². The molecule has 0 radical (unpaired) electrons. The van der Waals surface area contributed by atoms with E-state index in [9.17, 15) is 21.6 Å². The van der Waals surface area contributed by atoms with Gasteiger partial charge in [-0.05, 0) is 32.4 Å². The van der Waals surface area contributed by atoms with Gasteiger partial charge in [0.25, 0.3) is 9.84 Å². The van der Waals surface area contributed by atoms with Gasteiger partial charge in [0.1, 0.15) is 0 Å². The highest BCUT2D eigenvalue weighted by molar-refractivity contribution is 7.92. The number of nitrogens with one attached hydrogen (secondary N) is 1. The van der Waals surface area contributed by atoms with Gasteiger partial charge in [-0.15, -0.1) is 0 Å². The van der Waals surface area contributed by atoms with Crippen molar-refractivity contribution in [2.45, 2.75) is 42.8 Å². The number of alkyl halides is 3. The zero-order valence-electron chi connectivity index (χ0n) is 11.1. The maximum Gasteiger partial charge on any atom is 0.501 e. The second-order valence-electron chi connectivity index (χ2n) is 4.70. The van der Waals surface area contributed by atoms with Gasteiger partial charge in [0, 0.05) is 12.1 Å². The molecule has 0 heterocycles. The lowest BCUT2D eigenvalue weighted by Gasteiger charge is -2.20. The van der Waals surface area contributed by atoms with E-state index < -0.39 is 20.2 Å². The molecule has 0 aromatic heterocycles. The topological polar surface area (TPSA) is 72.2 Å². The molecule has 4 nitrogen and oxygen atoms in total. The van der Waals surface area contributed by atoms with Gasteiger partial charge >= 0.3 is 5.51 Å². The van der Waals surface area contributed by atoms with Crippen molar-refractivity contribution in [3.8, 4) is 0 Å². The van der Waals surface area contributed by atoms with E-state index in [1.807, 2.05) is 0 Å². The molecule has 0 aliphatic rings. The van der Waals surface area contributed by atoms with Crippen LogP contribution in [0.5, 0.6) is 0 Å². The predicted molar refractivity (Wildman–Crippen MR) is 71.0 cm³/mol. The molecule has 0 saturated heterocycles. The van der Waals surface area contributed by atoms with Crippen LogP contribution in [-0.2, 0) is 9.84 Å². The first-order valence-electron chi connectivity index (χ1n) is 5.98. The summed E-state index contributed by atoms with van der Waals surface area (Å²) in [5.74, 6) is 0. The summed E-state index contributed by atoms with van der Waals surface area (Å²) in [6.45, 7) is 3.48. The quantitative estimate of drug-likeness (QED) is 0.876. The minimum Gasteiger partial charge on any atom is -0.381 e. The number of anilines is 1. The van der Waals surface area contributed by atoms with Gasteiger partial charge in [-0.3, -0.25) is 0 Å². The molecule has 0 saturated carbocycles. The number of para-hydroxylation sites is 1. The van der Waals surface area contributed by atoms with Gasteiger partial charge < -0.3 is 11.1 Å². The lowest BCUT2D eigenvalue weighted by atomic mass is 10.1. The van der Waals surface area contributed by atoms with Crippen molar-refractivity contribution in [1.82, 2.24) is 0 Å². The van der Waals surface area contributed by atoms with Gasteiger partial charge in [0.15, 0.2) is 0 Å². The highest BCUT2D eigenvalue weighted by Crippen LogP contribution is 2.34. The molecule has 114 valence electrons. The molecule has 20 heavy (non-hydrogen) atoms. The Hall–Kier alpha value is -1.28. The molecule has 0 spiro atoms. The number of hydrogen-bond acceptors (Lipinski definition) is 4. The maximum atomic E-state index is 12.6. The van der Waals surface area contributed by atoms with Crippen LogP contribution in [-0.4, -0.2) is 26.0 Å². The molecule has 1 aromatic carbocycles. The third kappa shape index (κ3) is 3.86. The van der Waals surface area contributed by atoms with Crippen LogP contribution in [0.4, 0.5) is 18.9 Å². The van der Waals surface area contributed by atoms with Crippen molar-refractivity contribution >= 4 is 15.5 Å². The second kappa shape index (κ2) is 6.01. The largest absolute Gasteiger partial charge is 0.501 e. The molecular formula is C12H17F3N2O2S. The van der Waals surface area contributed by atoms with Gasteiger partial charge in [-0.1, -0.05) is 12.1 Å². The SMILES string of the molecule is CC(N)CC(C)Nc1ccccc1S(=O)(=O)C(F)(F)F. The average Bonchev–Trinajstić information content (AvgIpc) is 2.26. The van der Waals surface area contributed by atoms with Gasteiger partial charge in [0.05, 0.1) is 10.6 Å². The lowest BCUT2D eigenvalue weighted by molar-refractivity contribution is -0.0435. The van der Waals surface area contributed by atoms with Crippen LogP contribution in [0, 0.1) is 0 Å². The van der Waals surface area contributed by atoms with Crippen LogP contribution in [0.2, 0.25) is 0 Å². The van der Waals surface area contributed by atoms with Crippen molar-refractivity contribution in [3.63, 3.8) is 0 Å². The normalized spacial score (nSPS) is 15.7. The fourth-order valence-corrected chi connectivity index (χ4v) is 2.75. The smallest absolute Gasteiger partial charge is 0.381 e. The highest BCUT2D eigenvalue weighted by Gasteiger charge is 2.47. The Bertz CT molecular complexity index is 556. The van der Waals surface area contributed by atoms with Crippen molar-refractivity contribution in [2.24, 2.45) is 5.73 Å². The molecule has 0 bridgehead atoms. The van der Waals surface area contributed by atoms with E-state index in [1.54, 1.807) is 13.8 Å². The van der Waals surface area contributed by atoms with E-state index >= 15 is 0 Å². The minimum absolute atomic E-state index is 0.0713. The Morgan fingerprint density at radius 2 is 1.80 bits per heavy atom. The first-order valence-corrected chi connectivity index (χ1v) is 7.46. The van der Waals surface area contributed by atoms with Crippen LogP contribution < -0.4 is 11.1 Å². The molecule has 1 aromatic rings. The summed E-state index contributed by atoms with van der Waals surface area (Å²) in [5, 5.41) is 2.76. The zero-order valence-corrected chi connectivity index (χ0v) is 11.9. The maximum absolute atomic E-state index is 12.6. The lowest BCUT2D eigenvalue weighted by Crippen LogP contribution is -2.28. The Balaban J connectivity index is 3.13. The Kier molecular flexibility index (Phi) is 5.04. The zero-order chi connectivity index (χ0) is 15.6. The number of rotatable bonds is 5. The molecule has 3 N–H and O–H groups in total. The molecule has 8 heteroatoms. The van der Waals surface area contributed by atoms with Crippen molar-refractivity contribution in [1.29, 1.82) is 0 Å².